The van der Waals surface area contributed by atoms with E-state index in [1.165, 1.54) is 17.3 Å². The van der Waals surface area contributed by atoms with Crippen LogP contribution in [0.4, 0.5) is 0 Å². The summed E-state index contributed by atoms with van der Waals surface area (Å²) in [6.07, 6.45) is 3.19. The Morgan fingerprint density at radius 3 is 2.79 bits per heavy atom. The first-order chi connectivity index (χ1) is 14.1. The number of carbonyl (C=O) groups is 1. The highest BCUT2D eigenvalue weighted by molar-refractivity contribution is 7.99. The van der Waals surface area contributed by atoms with Gasteiger partial charge in [0.1, 0.15) is 0 Å². The molecule has 0 saturated carbocycles. The predicted octanol–water partition coefficient (Wildman–Crippen LogP) is 2.73. The minimum absolute atomic E-state index is 0.000891. The Labute approximate surface area is 177 Å². The molecular formula is C21H31N5O2S. The maximum atomic E-state index is 12.3. The largest absolute Gasteiger partial charge is 0.376 e. The molecule has 1 aromatic heterocycles. The lowest BCUT2D eigenvalue weighted by Gasteiger charge is -2.23. The number of rotatable bonds is 10. The molecule has 3 rings (SSSR count). The highest BCUT2D eigenvalue weighted by Gasteiger charge is 2.23. The second-order valence-electron chi connectivity index (χ2n) is 7.53. The Morgan fingerprint density at radius 1 is 1.34 bits per heavy atom. The smallest absolute Gasteiger partial charge is 0.230 e. The van der Waals surface area contributed by atoms with E-state index in [4.69, 9.17) is 4.74 Å². The number of hydrogen-bond acceptors (Lipinski definition) is 6. The van der Waals surface area contributed by atoms with Crippen LogP contribution in [0, 0.1) is 0 Å². The predicted molar refractivity (Wildman–Crippen MR) is 115 cm³/mol. The number of aromatic nitrogens is 3. The van der Waals surface area contributed by atoms with Crippen molar-refractivity contribution in [1.82, 2.24) is 25.0 Å². The van der Waals surface area contributed by atoms with E-state index < -0.39 is 0 Å². The first kappa shape index (κ1) is 21.8. The van der Waals surface area contributed by atoms with Crippen molar-refractivity contribution in [3.63, 3.8) is 0 Å². The second kappa shape index (κ2) is 10.8. The van der Waals surface area contributed by atoms with Gasteiger partial charge in [0.05, 0.1) is 24.4 Å². The zero-order valence-electron chi connectivity index (χ0n) is 17.5. The average Bonchev–Trinajstić information content (AvgIpc) is 3.37. The molecule has 1 saturated heterocycles. The van der Waals surface area contributed by atoms with E-state index in [2.05, 4.69) is 58.1 Å². The van der Waals surface area contributed by atoms with Crippen LogP contribution in [0.1, 0.15) is 43.6 Å². The lowest BCUT2D eigenvalue weighted by Crippen LogP contribution is -2.33. The van der Waals surface area contributed by atoms with Crippen LogP contribution >= 0.6 is 11.8 Å². The van der Waals surface area contributed by atoms with Crippen LogP contribution in [0.15, 0.2) is 35.5 Å². The number of benzene rings is 1. The topological polar surface area (TPSA) is 72.3 Å². The van der Waals surface area contributed by atoms with Crippen LogP contribution in [0.5, 0.6) is 0 Å². The fourth-order valence-electron chi connectivity index (χ4n) is 3.56. The Bertz CT molecular complexity index is 775. The molecule has 1 N–H and O–H groups in total. The number of thioether (sulfide) groups is 1. The SMILES string of the molecule is CC[C@H](c1nnc(SCC(=O)NC[C@@H]2CCCO2)n1Cc1ccccc1)N(C)C. The second-order valence-corrected chi connectivity index (χ2v) is 8.47. The van der Waals surface area contributed by atoms with Gasteiger partial charge in [0, 0.05) is 13.2 Å². The van der Waals surface area contributed by atoms with Crippen LogP contribution in [-0.4, -0.2) is 64.7 Å². The molecule has 158 valence electrons. The summed E-state index contributed by atoms with van der Waals surface area (Å²) in [5, 5.41) is 12.7. The van der Waals surface area contributed by atoms with Gasteiger partial charge in [-0.15, -0.1) is 10.2 Å². The van der Waals surface area contributed by atoms with E-state index in [1.54, 1.807) is 0 Å². The molecule has 0 spiro atoms. The van der Waals surface area contributed by atoms with Crippen molar-refractivity contribution < 1.29 is 9.53 Å². The summed E-state index contributed by atoms with van der Waals surface area (Å²) in [4.78, 5) is 14.5. The molecule has 0 radical (unpaired) electrons. The maximum Gasteiger partial charge on any atom is 0.230 e. The van der Waals surface area contributed by atoms with Crippen molar-refractivity contribution in [2.45, 2.75) is 50.0 Å². The number of amides is 1. The average molecular weight is 418 g/mol. The number of nitrogens with one attached hydrogen (secondary N) is 1. The Morgan fingerprint density at radius 2 is 2.14 bits per heavy atom. The van der Waals surface area contributed by atoms with Crippen molar-refractivity contribution >= 4 is 17.7 Å². The van der Waals surface area contributed by atoms with E-state index in [0.29, 0.717) is 18.8 Å². The molecular weight excluding hydrogens is 386 g/mol. The first-order valence-corrected chi connectivity index (χ1v) is 11.2. The quantitative estimate of drug-likeness (QED) is 0.600. The standard InChI is InChI=1S/C21H31N5O2S/c1-4-18(25(2)3)20-23-24-21(26(20)14-16-9-6-5-7-10-16)29-15-19(27)22-13-17-11-8-12-28-17/h5-7,9-10,17-18H,4,8,11-15H2,1-3H3,(H,22,27)/t17-,18+/m0/s1. The summed E-state index contributed by atoms with van der Waals surface area (Å²) in [7, 11) is 4.11. The molecule has 0 bridgehead atoms. The highest BCUT2D eigenvalue weighted by atomic mass is 32.2. The first-order valence-electron chi connectivity index (χ1n) is 10.2. The van der Waals surface area contributed by atoms with Gasteiger partial charge in [0.2, 0.25) is 5.91 Å². The molecule has 1 aliphatic rings. The number of ether oxygens (including phenoxy) is 1. The van der Waals surface area contributed by atoms with Crippen molar-refractivity contribution in [2.24, 2.45) is 0 Å². The molecule has 0 aliphatic carbocycles. The fourth-order valence-corrected chi connectivity index (χ4v) is 4.34. The summed E-state index contributed by atoms with van der Waals surface area (Å²) in [5.41, 5.74) is 1.19. The monoisotopic (exact) mass is 417 g/mol. The maximum absolute atomic E-state index is 12.3. The molecule has 2 heterocycles. The summed E-state index contributed by atoms with van der Waals surface area (Å²) >= 11 is 1.44. The number of nitrogens with zero attached hydrogens (tertiary/aromatic N) is 4. The van der Waals surface area contributed by atoms with Crippen LogP contribution in [0.2, 0.25) is 0 Å². The molecule has 2 aromatic rings. The van der Waals surface area contributed by atoms with Gasteiger partial charge < -0.3 is 14.6 Å². The third-order valence-corrected chi connectivity index (χ3v) is 6.09. The zero-order chi connectivity index (χ0) is 20.6. The van der Waals surface area contributed by atoms with Crippen molar-refractivity contribution in [3.05, 3.63) is 41.7 Å². The molecule has 1 aromatic carbocycles. The zero-order valence-corrected chi connectivity index (χ0v) is 18.3. The summed E-state index contributed by atoms with van der Waals surface area (Å²) < 4.78 is 7.70. The van der Waals surface area contributed by atoms with Gasteiger partial charge in [-0.25, -0.2) is 0 Å². The molecule has 8 heteroatoms. The van der Waals surface area contributed by atoms with Crippen molar-refractivity contribution in [1.29, 1.82) is 0 Å². The van der Waals surface area contributed by atoms with E-state index >= 15 is 0 Å². The fraction of sp³-hybridized carbons (Fsp3) is 0.571. The molecule has 0 unspecified atom stereocenters. The van der Waals surface area contributed by atoms with E-state index in [0.717, 1.165) is 36.9 Å². The lowest BCUT2D eigenvalue weighted by molar-refractivity contribution is -0.119. The van der Waals surface area contributed by atoms with Gasteiger partial charge in [0.15, 0.2) is 11.0 Å². The van der Waals surface area contributed by atoms with E-state index in [1.807, 2.05) is 18.2 Å². The Balaban J connectivity index is 1.69. The van der Waals surface area contributed by atoms with Crippen molar-refractivity contribution in [3.8, 4) is 0 Å². The van der Waals surface area contributed by atoms with E-state index in [-0.39, 0.29) is 18.1 Å². The summed E-state index contributed by atoms with van der Waals surface area (Å²) in [5.74, 6) is 1.25. The molecule has 7 nitrogen and oxygen atoms in total. The van der Waals surface area contributed by atoms with Gasteiger partial charge >= 0.3 is 0 Å². The van der Waals surface area contributed by atoms with Gasteiger partial charge in [0.25, 0.3) is 0 Å². The van der Waals surface area contributed by atoms with Gasteiger partial charge in [-0.2, -0.15) is 0 Å². The van der Waals surface area contributed by atoms with Crippen LogP contribution in [-0.2, 0) is 16.1 Å². The molecule has 2 atom stereocenters. The Kier molecular flexibility index (Phi) is 8.09. The molecule has 1 aliphatic heterocycles. The normalized spacial score (nSPS) is 17.6. The third-order valence-electron chi connectivity index (χ3n) is 5.12. The number of carbonyl (C=O) groups excluding carboxylic acids is 1. The van der Waals surface area contributed by atoms with Gasteiger partial charge in [-0.3, -0.25) is 9.69 Å². The van der Waals surface area contributed by atoms with Gasteiger partial charge in [-0.1, -0.05) is 49.0 Å². The van der Waals surface area contributed by atoms with E-state index in [9.17, 15) is 4.79 Å². The molecule has 1 fully saturated rings. The highest BCUT2D eigenvalue weighted by Crippen LogP contribution is 2.26. The summed E-state index contributed by atoms with van der Waals surface area (Å²) in [6, 6.07) is 10.5. The van der Waals surface area contributed by atoms with Gasteiger partial charge in [-0.05, 0) is 38.9 Å². The minimum atomic E-state index is 0.000891. The lowest BCUT2D eigenvalue weighted by atomic mass is 10.2. The summed E-state index contributed by atoms with van der Waals surface area (Å²) in [6.45, 7) is 4.22. The molecule has 1 amide bonds. The van der Waals surface area contributed by atoms with Crippen molar-refractivity contribution in [2.75, 3.05) is 33.0 Å². The minimum Gasteiger partial charge on any atom is -0.376 e. The van der Waals surface area contributed by atoms with Crippen LogP contribution in [0.25, 0.3) is 0 Å². The van der Waals surface area contributed by atoms with Crippen LogP contribution in [0.3, 0.4) is 0 Å². The number of hydrogen-bond donors (Lipinski definition) is 1. The molecule has 29 heavy (non-hydrogen) atoms. The Hall–Kier alpha value is -1.90. The third kappa shape index (κ3) is 6.04. The van der Waals surface area contributed by atoms with Crippen LogP contribution < -0.4 is 5.32 Å².